The predicted molar refractivity (Wildman–Crippen MR) is 113 cm³/mol. The lowest BCUT2D eigenvalue weighted by molar-refractivity contribution is -0.384. The van der Waals surface area contributed by atoms with Gasteiger partial charge >= 0.3 is 5.91 Å². The first kappa shape index (κ1) is 19.1. The van der Waals surface area contributed by atoms with Gasteiger partial charge in [-0.2, -0.15) is 5.10 Å². The third-order valence-corrected chi connectivity index (χ3v) is 4.52. The summed E-state index contributed by atoms with van der Waals surface area (Å²) in [7, 11) is 0. The van der Waals surface area contributed by atoms with Crippen molar-refractivity contribution in [1.82, 2.24) is 5.43 Å². The highest BCUT2D eigenvalue weighted by molar-refractivity contribution is 6.03. The number of ether oxygens (including phenoxy) is 1. The molecule has 150 valence electrons. The zero-order valence-corrected chi connectivity index (χ0v) is 16.0. The second kappa shape index (κ2) is 8.04. The first-order chi connectivity index (χ1) is 14.6. The van der Waals surface area contributed by atoms with E-state index in [1.807, 2.05) is 43.3 Å². The lowest BCUT2D eigenvalue weighted by atomic mass is 10.0. The topological polar surface area (TPSA) is 107 Å². The van der Waals surface area contributed by atoms with Crippen molar-refractivity contribution in [2.75, 3.05) is 6.61 Å². The van der Waals surface area contributed by atoms with Gasteiger partial charge in [-0.15, -0.1) is 0 Å². The van der Waals surface area contributed by atoms with Crippen LogP contribution >= 0.6 is 0 Å². The number of hydrazone groups is 1. The van der Waals surface area contributed by atoms with Crippen LogP contribution in [-0.2, 0) is 0 Å². The summed E-state index contributed by atoms with van der Waals surface area (Å²) >= 11 is 0. The van der Waals surface area contributed by atoms with Crippen LogP contribution in [0.3, 0.4) is 0 Å². The van der Waals surface area contributed by atoms with E-state index in [9.17, 15) is 14.9 Å². The number of fused-ring (bicyclic) bond motifs is 2. The van der Waals surface area contributed by atoms with Crippen LogP contribution in [0, 0.1) is 10.1 Å². The Balaban J connectivity index is 1.55. The number of hydrogen-bond acceptors (Lipinski definition) is 6. The molecule has 1 N–H and O–H groups in total. The first-order valence-electron chi connectivity index (χ1n) is 9.22. The van der Waals surface area contributed by atoms with Crippen LogP contribution in [0.4, 0.5) is 5.69 Å². The number of nitrogens with zero attached hydrogens (tertiary/aromatic N) is 2. The van der Waals surface area contributed by atoms with E-state index in [-0.39, 0.29) is 11.4 Å². The standard InChI is InChI=1S/C22H17N3O5/c1-2-29-20-9-7-14(17-5-3-4-6-18(17)20)13-23-24-22(26)21-12-15-11-16(25(27)28)8-10-19(15)30-21/h3-13H,2H2,1H3,(H,24,26)/b23-13+. The number of benzene rings is 3. The number of nitrogens with one attached hydrogen (secondary N) is 1. The van der Waals surface area contributed by atoms with Gasteiger partial charge in [-0.3, -0.25) is 14.9 Å². The van der Waals surface area contributed by atoms with E-state index in [0.717, 1.165) is 22.1 Å². The van der Waals surface area contributed by atoms with Gasteiger partial charge in [0.2, 0.25) is 0 Å². The Morgan fingerprint density at radius 1 is 1.17 bits per heavy atom. The molecule has 4 aromatic rings. The van der Waals surface area contributed by atoms with E-state index in [1.165, 1.54) is 24.3 Å². The molecule has 8 nitrogen and oxygen atoms in total. The number of non-ortho nitro benzene ring substituents is 1. The Morgan fingerprint density at radius 3 is 2.73 bits per heavy atom. The van der Waals surface area contributed by atoms with Gasteiger partial charge < -0.3 is 9.15 Å². The van der Waals surface area contributed by atoms with Crippen molar-refractivity contribution in [3.8, 4) is 5.75 Å². The molecular weight excluding hydrogens is 386 g/mol. The van der Waals surface area contributed by atoms with Gasteiger partial charge in [-0.1, -0.05) is 24.3 Å². The summed E-state index contributed by atoms with van der Waals surface area (Å²) in [6.07, 6.45) is 1.55. The fraction of sp³-hybridized carbons (Fsp3) is 0.0909. The van der Waals surface area contributed by atoms with Crippen molar-refractivity contribution in [2.45, 2.75) is 6.92 Å². The highest BCUT2D eigenvalue weighted by Gasteiger charge is 2.14. The van der Waals surface area contributed by atoms with Crippen LogP contribution in [-0.4, -0.2) is 23.7 Å². The summed E-state index contributed by atoms with van der Waals surface area (Å²) in [6.45, 7) is 2.49. The Kier molecular flexibility index (Phi) is 5.13. The molecule has 0 aliphatic rings. The number of carbonyl (C=O) groups is 1. The number of nitro benzene ring substituents is 1. The zero-order chi connectivity index (χ0) is 21.1. The van der Waals surface area contributed by atoms with Crippen molar-refractivity contribution in [1.29, 1.82) is 0 Å². The summed E-state index contributed by atoms with van der Waals surface area (Å²) in [5, 5.41) is 17.3. The fourth-order valence-corrected chi connectivity index (χ4v) is 3.16. The predicted octanol–water partition coefficient (Wildman–Crippen LogP) is 4.66. The minimum absolute atomic E-state index is 0.0131. The highest BCUT2D eigenvalue weighted by atomic mass is 16.6. The average molecular weight is 403 g/mol. The molecule has 0 aliphatic heterocycles. The molecule has 1 amide bonds. The number of carbonyl (C=O) groups excluding carboxylic acids is 1. The number of rotatable bonds is 6. The fourth-order valence-electron chi connectivity index (χ4n) is 3.16. The Hall–Kier alpha value is -4.20. The Bertz CT molecular complexity index is 1290. The average Bonchev–Trinajstić information content (AvgIpc) is 3.19. The Morgan fingerprint density at radius 2 is 1.97 bits per heavy atom. The molecule has 30 heavy (non-hydrogen) atoms. The van der Waals surface area contributed by atoms with Crippen molar-refractivity contribution in [3.05, 3.63) is 82.1 Å². The van der Waals surface area contributed by atoms with E-state index < -0.39 is 10.8 Å². The van der Waals surface area contributed by atoms with E-state index in [4.69, 9.17) is 9.15 Å². The summed E-state index contributed by atoms with van der Waals surface area (Å²) < 4.78 is 11.1. The minimum atomic E-state index is -0.555. The van der Waals surface area contributed by atoms with E-state index >= 15 is 0 Å². The third-order valence-electron chi connectivity index (χ3n) is 4.52. The van der Waals surface area contributed by atoms with E-state index in [2.05, 4.69) is 10.5 Å². The molecule has 1 aromatic heterocycles. The molecule has 0 atom stereocenters. The lowest BCUT2D eigenvalue weighted by Gasteiger charge is -2.09. The van der Waals surface area contributed by atoms with Crippen LogP contribution < -0.4 is 10.2 Å². The molecule has 0 bridgehead atoms. The van der Waals surface area contributed by atoms with E-state index in [1.54, 1.807) is 6.21 Å². The molecule has 4 rings (SSSR count). The van der Waals surface area contributed by atoms with Gasteiger partial charge in [0.05, 0.1) is 17.7 Å². The quantitative estimate of drug-likeness (QED) is 0.286. The largest absolute Gasteiger partial charge is 0.493 e. The van der Waals surface area contributed by atoms with Gasteiger partial charge in [0, 0.05) is 28.5 Å². The molecule has 0 unspecified atom stereocenters. The molecule has 8 heteroatoms. The minimum Gasteiger partial charge on any atom is -0.493 e. The van der Waals surface area contributed by atoms with Crippen LogP contribution in [0.5, 0.6) is 5.75 Å². The van der Waals surface area contributed by atoms with Crippen molar-refractivity contribution < 1.29 is 18.9 Å². The first-order valence-corrected chi connectivity index (χ1v) is 9.22. The summed E-state index contributed by atoms with van der Waals surface area (Å²) in [6, 6.07) is 17.1. The van der Waals surface area contributed by atoms with Crippen molar-refractivity contribution in [3.63, 3.8) is 0 Å². The lowest BCUT2D eigenvalue weighted by Crippen LogP contribution is -2.16. The smallest absolute Gasteiger partial charge is 0.307 e. The van der Waals surface area contributed by atoms with Crippen LogP contribution in [0.1, 0.15) is 23.0 Å². The molecule has 0 saturated carbocycles. The molecule has 0 aliphatic carbocycles. The Labute approximate surface area is 170 Å². The van der Waals surface area contributed by atoms with Crippen molar-refractivity contribution in [2.24, 2.45) is 5.10 Å². The molecule has 0 fully saturated rings. The van der Waals surface area contributed by atoms with Crippen LogP contribution in [0.25, 0.3) is 21.7 Å². The SMILES string of the molecule is CCOc1ccc(/C=N/NC(=O)c2cc3cc([N+](=O)[O-])ccc3o2)c2ccccc12. The van der Waals surface area contributed by atoms with Crippen LogP contribution in [0.15, 0.2) is 70.2 Å². The van der Waals surface area contributed by atoms with Gasteiger partial charge in [0.15, 0.2) is 5.76 Å². The normalized spacial score (nSPS) is 11.2. The number of hydrogen-bond donors (Lipinski definition) is 1. The summed E-state index contributed by atoms with van der Waals surface area (Å²) in [4.78, 5) is 22.7. The van der Waals surface area contributed by atoms with E-state index in [0.29, 0.717) is 17.6 Å². The van der Waals surface area contributed by atoms with Gasteiger partial charge in [0.25, 0.3) is 5.69 Å². The molecule has 1 heterocycles. The maximum absolute atomic E-state index is 12.4. The maximum atomic E-state index is 12.4. The van der Waals surface area contributed by atoms with Gasteiger partial charge in [-0.25, -0.2) is 5.43 Å². The van der Waals surface area contributed by atoms with Crippen LogP contribution in [0.2, 0.25) is 0 Å². The molecule has 0 spiro atoms. The van der Waals surface area contributed by atoms with Gasteiger partial charge in [-0.05, 0) is 36.6 Å². The molecule has 0 radical (unpaired) electrons. The number of amides is 1. The summed E-state index contributed by atoms with van der Waals surface area (Å²) in [5.74, 6) is 0.241. The monoisotopic (exact) mass is 403 g/mol. The van der Waals surface area contributed by atoms with Gasteiger partial charge in [0.1, 0.15) is 11.3 Å². The zero-order valence-electron chi connectivity index (χ0n) is 16.0. The molecular formula is C22H17N3O5. The number of furan rings is 1. The molecule has 3 aromatic carbocycles. The third kappa shape index (κ3) is 3.70. The van der Waals surface area contributed by atoms with Crippen molar-refractivity contribution >= 4 is 39.6 Å². The summed E-state index contributed by atoms with van der Waals surface area (Å²) in [5.41, 5.74) is 3.54. The maximum Gasteiger partial charge on any atom is 0.307 e. The second-order valence-electron chi connectivity index (χ2n) is 6.42. The highest BCUT2D eigenvalue weighted by Crippen LogP contribution is 2.28. The number of nitro groups is 1. The second-order valence-corrected chi connectivity index (χ2v) is 6.42. The molecule has 0 saturated heterocycles.